The number of carbonyl (C=O) groups excluding carboxylic acids is 2. The van der Waals surface area contributed by atoms with Gasteiger partial charge in [0.05, 0.1) is 0 Å². The molecule has 0 atom stereocenters. The first kappa shape index (κ1) is 19.7. The highest BCUT2D eigenvalue weighted by atomic mass is 16.2. The molecule has 1 N–H and O–H groups in total. The van der Waals surface area contributed by atoms with Gasteiger partial charge in [0.1, 0.15) is 0 Å². The largest absolute Gasteiger partial charge is 0.338 e. The van der Waals surface area contributed by atoms with Crippen LogP contribution in [0.3, 0.4) is 0 Å². The molecule has 4 heteroatoms. The van der Waals surface area contributed by atoms with Gasteiger partial charge in [0.2, 0.25) is 11.8 Å². The van der Waals surface area contributed by atoms with E-state index in [1.807, 2.05) is 43.0 Å². The van der Waals surface area contributed by atoms with Gasteiger partial charge in [-0.15, -0.1) is 0 Å². The SMILES string of the molecule is Cc1cccc(C)c1NC(=O)C1CCC(C(=O)N2CCc3ccccc3C2)CC1. The summed E-state index contributed by atoms with van der Waals surface area (Å²) >= 11 is 0. The Morgan fingerprint density at radius 2 is 1.48 bits per heavy atom. The summed E-state index contributed by atoms with van der Waals surface area (Å²) in [6.45, 7) is 5.58. The number of para-hydroxylation sites is 1. The Kier molecular flexibility index (Phi) is 5.70. The summed E-state index contributed by atoms with van der Waals surface area (Å²) in [5, 5.41) is 3.13. The van der Waals surface area contributed by atoms with E-state index in [0.29, 0.717) is 0 Å². The van der Waals surface area contributed by atoms with Crippen LogP contribution in [0.15, 0.2) is 42.5 Å². The summed E-state index contributed by atoms with van der Waals surface area (Å²) in [6.07, 6.45) is 4.13. The number of nitrogens with one attached hydrogen (secondary N) is 1. The fraction of sp³-hybridized carbons (Fsp3) is 0.440. The van der Waals surface area contributed by atoms with Crippen molar-refractivity contribution in [1.82, 2.24) is 4.90 Å². The van der Waals surface area contributed by atoms with Crippen LogP contribution in [0.25, 0.3) is 0 Å². The van der Waals surface area contributed by atoms with Gasteiger partial charge in [0.15, 0.2) is 0 Å². The molecule has 2 aromatic rings. The highest BCUT2D eigenvalue weighted by Crippen LogP contribution is 2.33. The van der Waals surface area contributed by atoms with Crippen LogP contribution in [0.2, 0.25) is 0 Å². The molecule has 0 bridgehead atoms. The van der Waals surface area contributed by atoms with Crippen LogP contribution in [0.1, 0.15) is 47.9 Å². The molecule has 2 amide bonds. The van der Waals surface area contributed by atoms with Gasteiger partial charge in [0.25, 0.3) is 0 Å². The number of benzene rings is 2. The molecule has 0 unspecified atom stereocenters. The van der Waals surface area contributed by atoms with Crippen molar-refractivity contribution >= 4 is 17.5 Å². The lowest BCUT2D eigenvalue weighted by Gasteiger charge is -2.34. The van der Waals surface area contributed by atoms with Crippen molar-refractivity contribution in [2.75, 3.05) is 11.9 Å². The predicted octanol–water partition coefficient (Wildman–Crippen LogP) is 4.63. The van der Waals surface area contributed by atoms with Crippen LogP contribution in [0.5, 0.6) is 0 Å². The second-order valence-corrected chi connectivity index (χ2v) is 8.58. The molecule has 0 spiro atoms. The molecule has 2 aromatic carbocycles. The van der Waals surface area contributed by atoms with E-state index in [0.717, 1.165) is 62.0 Å². The van der Waals surface area contributed by atoms with Crippen molar-refractivity contribution in [3.8, 4) is 0 Å². The fourth-order valence-corrected chi connectivity index (χ4v) is 4.78. The summed E-state index contributed by atoms with van der Waals surface area (Å²) < 4.78 is 0. The van der Waals surface area contributed by atoms with Gasteiger partial charge >= 0.3 is 0 Å². The van der Waals surface area contributed by atoms with Crippen molar-refractivity contribution in [2.45, 2.75) is 52.5 Å². The zero-order chi connectivity index (χ0) is 20.4. The minimum atomic E-state index is 0.000128. The van der Waals surface area contributed by atoms with Crippen molar-refractivity contribution in [3.05, 3.63) is 64.7 Å². The molecule has 152 valence electrons. The molecule has 1 saturated carbocycles. The van der Waals surface area contributed by atoms with Crippen LogP contribution < -0.4 is 5.32 Å². The summed E-state index contributed by atoms with van der Waals surface area (Å²) in [7, 11) is 0. The molecule has 4 rings (SSSR count). The number of hydrogen-bond donors (Lipinski definition) is 1. The Morgan fingerprint density at radius 1 is 0.862 bits per heavy atom. The number of anilines is 1. The maximum absolute atomic E-state index is 13.0. The fourth-order valence-electron chi connectivity index (χ4n) is 4.78. The normalized spacial score (nSPS) is 21.4. The van der Waals surface area contributed by atoms with E-state index >= 15 is 0 Å². The van der Waals surface area contributed by atoms with Gasteiger partial charge in [-0.05, 0) is 68.2 Å². The van der Waals surface area contributed by atoms with E-state index < -0.39 is 0 Å². The number of aryl methyl sites for hydroxylation is 2. The number of amides is 2. The van der Waals surface area contributed by atoms with E-state index in [-0.39, 0.29) is 23.7 Å². The molecule has 1 aliphatic heterocycles. The zero-order valence-corrected chi connectivity index (χ0v) is 17.4. The van der Waals surface area contributed by atoms with E-state index in [9.17, 15) is 9.59 Å². The first-order chi connectivity index (χ1) is 14.0. The molecule has 0 aromatic heterocycles. The Morgan fingerprint density at radius 3 is 2.17 bits per heavy atom. The predicted molar refractivity (Wildman–Crippen MR) is 116 cm³/mol. The van der Waals surface area contributed by atoms with Crippen LogP contribution in [-0.4, -0.2) is 23.3 Å². The average molecular weight is 391 g/mol. The third-order valence-electron chi connectivity index (χ3n) is 6.62. The molecule has 1 aliphatic carbocycles. The van der Waals surface area contributed by atoms with Crippen molar-refractivity contribution in [1.29, 1.82) is 0 Å². The maximum atomic E-state index is 13.0. The standard InChI is InChI=1S/C25H30N2O2/c1-17-6-5-7-18(2)23(17)26-24(28)20-10-12-21(13-11-20)25(29)27-15-14-19-8-3-4-9-22(19)16-27/h3-9,20-21H,10-16H2,1-2H3,(H,26,28). The third kappa shape index (κ3) is 4.21. The van der Waals surface area contributed by atoms with Crippen molar-refractivity contribution < 1.29 is 9.59 Å². The number of carbonyl (C=O) groups is 2. The minimum absolute atomic E-state index is 0.000128. The lowest BCUT2D eigenvalue weighted by Crippen LogP contribution is -2.41. The molecule has 29 heavy (non-hydrogen) atoms. The molecular formula is C25H30N2O2. The average Bonchev–Trinajstić information content (AvgIpc) is 2.75. The van der Waals surface area contributed by atoms with Gasteiger partial charge in [-0.25, -0.2) is 0 Å². The quantitative estimate of drug-likeness (QED) is 0.830. The lowest BCUT2D eigenvalue weighted by molar-refractivity contribution is -0.138. The van der Waals surface area contributed by atoms with Gasteiger partial charge < -0.3 is 10.2 Å². The van der Waals surface area contributed by atoms with E-state index in [1.165, 1.54) is 11.1 Å². The summed E-state index contributed by atoms with van der Waals surface area (Å²) in [6, 6.07) is 14.5. The van der Waals surface area contributed by atoms with Crippen LogP contribution in [0.4, 0.5) is 5.69 Å². The van der Waals surface area contributed by atoms with Gasteiger partial charge in [0, 0.05) is 30.6 Å². The Bertz CT molecular complexity index is 893. The maximum Gasteiger partial charge on any atom is 0.227 e. The second kappa shape index (κ2) is 8.40. The van der Waals surface area contributed by atoms with Crippen LogP contribution >= 0.6 is 0 Å². The molecule has 0 saturated heterocycles. The molecular weight excluding hydrogens is 360 g/mol. The Balaban J connectivity index is 1.32. The summed E-state index contributed by atoms with van der Waals surface area (Å²) in [4.78, 5) is 27.8. The molecule has 2 aliphatic rings. The first-order valence-electron chi connectivity index (χ1n) is 10.8. The van der Waals surface area contributed by atoms with Gasteiger partial charge in [-0.1, -0.05) is 42.5 Å². The molecule has 1 heterocycles. The minimum Gasteiger partial charge on any atom is -0.338 e. The van der Waals surface area contributed by atoms with E-state index in [4.69, 9.17) is 0 Å². The topological polar surface area (TPSA) is 49.4 Å². The van der Waals surface area contributed by atoms with E-state index in [2.05, 4.69) is 23.5 Å². The first-order valence-corrected chi connectivity index (χ1v) is 10.8. The number of rotatable bonds is 3. The number of fused-ring (bicyclic) bond motifs is 1. The summed E-state index contributed by atoms with van der Waals surface area (Å²) in [5.41, 5.74) is 5.75. The molecule has 0 radical (unpaired) electrons. The van der Waals surface area contributed by atoms with Gasteiger partial charge in [-0.2, -0.15) is 0 Å². The highest BCUT2D eigenvalue weighted by Gasteiger charge is 2.33. The van der Waals surface area contributed by atoms with E-state index in [1.54, 1.807) is 0 Å². The highest BCUT2D eigenvalue weighted by molar-refractivity contribution is 5.94. The third-order valence-corrected chi connectivity index (χ3v) is 6.62. The van der Waals surface area contributed by atoms with Crippen LogP contribution in [-0.2, 0) is 22.6 Å². The summed E-state index contributed by atoms with van der Waals surface area (Å²) in [5.74, 6) is 0.429. The van der Waals surface area contributed by atoms with Gasteiger partial charge in [-0.3, -0.25) is 9.59 Å². The second-order valence-electron chi connectivity index (χ2n) is 8.58. The Labute approximate surface area is 173 Å². The van der Waals surface area contributed by atoms with Crippen molar-refractivity contribution in [3.63, 3.8) is 0 Å². The number of nitrogens with zero attached hydrogens (tertiary/aromatic N) is 1. The monoisotopic (exact) mass is 390 g/mol. The Hall–Kier alpha value is -2.62. The zero-order valence-electron chi connectivity index (χ0n) is 17.4. The number of hydrogen-bond acceptors (Lipinski definition) is 2. The molecule has 1 fully saturated rings. The molecule has 4 nitrogen and oxygen atoms in total. The van der Waals surface area contributed by atoms with Crippen LogP contribution in [0, 0.1) is 25.7 Å². The smallest absolute Gasteiger partial charge is 0.227 e. The van der Waals surface area contributed by atoms with Crippen molar-refractivity contribution in [2.24, 2.45) is 11.8 Å². The lowest BCUT2D eigenvalue weighted by atomic mass is 9.80.